The Morgan fingerprint density at radius 1 is 1.53 bits per heavy atom. The molecule has 1 aliphatic heterocycles. The predicted molar refractivity (Wildman–Crippen MR) is 46.8 cm³/mol. The first-order valence-corrected chi connectivity index (χ1v) is 4.58. The number of alkyl halides is 2. The largest absolute Gasteiger partial charge is 0.480 e. The second-order valence-electron chi connectivity index (χ2n) is 3.27. The molecule has 1 saturated heterocycles. The van der Waals surface area contributed by atoms with Crippen LogP contribution < -0.4 is 5.32 Å². The fraction of sp³-hybridized carbons (Fsp3) is 0.750. The van der Waals surface area contributed by atoms with E-state index in [4.69, 9.17) is 5.11 Å². The van der Waals surface area contributed by atoms with Gasteiger partial charge in [-0.1, -0.05) is 0 Å². The van der Waals surface area contributed by atoms with Gasteiger partial charge in [0.15, 0.2) is 0 Å². The summed E-state index contributed by atoms with van der Waals surface area (Å²) in [6.45, 7) is -0.451. The smallest absolute Gasteiger partial charge is 0.326 e. The molecule has 1 heterocycles. The van der Waals surface area contributed by atoms with E-state index < -0.39 is 31.0 Å². The first kappa shape index (κ1) is 11.7. The molecule has 7 heteroatoms. The zero-order valence-corrected chi connectivity index (χ0v) is 7.95. The summed E-state index contributed by atoms with van der Waals surface area (Å²) in [5, 5.41) is 10.7. The quantitative estimate of drug-likeness (QED) is 0.731. The molecule has 0 bridgehead atoms. The number of carbonyl (C=O) groups is 2. The molecule has 0 aromatic rings. The molecule has 86 valence electrons. The number of carboxylic acid groups (broad SMARTS) is 1. The second kappa shape index (κ2) is 4.90. The topological polar surface area (TPSA) is 69.6 Å². The monoisotopic (exact) mass is 222 g/mol. The average Bonchev–Trinajstić information content (AvgIpc) is 2.62. The third kappa shape index (κ3) is 3.03. The van der Waals surface area contributed by atoms with E-state index in [0.29, 0.717) is 19.4 Å². The zero-order valence-electron chi connectivity index (χ0n) is 7.95. The van der Waals surface area contributed by atoms with Crippen molar-refractivity contribution < 1.29 is 23.5 Å². The average molecular weight is 222 g/mol. The molecule has 15 heavy (non-hydrogen) atoms. The number of amides is 2. The van der Waals surface area contributed by atoms with Crippen LogP contribution >= 0.6 is 0 Å². The molecule has 0 aromatic heterocycles. The number of carbonyl (C=O) groups excluding carboxylic acids is 1. The van der Waals surface area contributed by atoms with Gasteiger partial charge in [-0.3, -0.25) is 0 Å². The van der Waals surface area contributed by atoms with E-state index in [-0.39, 0.29) is 0 Å². The molecule has 0 aliphatic carbocycles. The van der Waals surface area contributed by atoms with E-state index in [1.807, 2.05) is 5.32 Å². The highest BCUT2D eigenvalue weighted by Gasteiger charge is 2.33. The van der Waals surface area contributed by atoms with Crippen LogP contribution in [-0.4, -0.2) is 47.6 Å². The predicted octanol–water partition coefficient (Wildman–Crippen LogP) is 0.510. The Kier molecular flexibility index (Phi) is 3.81. The Morgan fingerprint density at radius 3 is 2.73 bits per heavy atom. The maximum atomic E-state index is 11.8. The standard InChI is InChI=1S/C8H12F2N2O3/c9-6(10)4-11-8(15)12-3-1-2-5(12)7(13)14/h5-6H,1-4H2,(H,11,15)(H,13,14)/t5-/m1/s1. The van der Waals surface area contributed by atoms with Crippen LogP contribution in [0, 0.1) is 0 Å². The number of halogens is 2. The summed E-state index contributed by atoms with van der Waals surface area (Å²) in [5.41, 5.74) is 0. The Morgan fingerprint density at radius 2 is 2.20 bits per heavy atom. The lowest BCUT2D eigenvalue weighted by Gasteiger charge is -2.21. The molecule has 1 fully saturated rings. The van der Waals surface area contributed by atoms with Gasteiger partial charge in [-0.05, 0) is 12.8 Å². The van der Waals surface area contributed by atoms with E-state index in [0.717, 1.165) is 4.90 Å². The van der Waals surface area contributed by atoms with E-state index >= 15 is 0 Å². The van der Waals surface area contributed by atoms with E-state index in [1.54, 1.807) is 0 Å². The summed E-state index contributed by atoms with van der Waals surface area (Å²) in [6, 6.07) is -1.62. The van der Waals surface area contributed by atoms with E-state index in [1.165, 1.54) is 0 Å². The van der Waals surface area contributed by atoms with Crippen LogP contribution in [0.15, 0.2) is 0 Å². The maximum Gasteiger partial charge on any atom is 0.326 e. The lowest BCUT2D eigenvalue weighted by atomic mass is 10.2. The van der Waals surface area contributed by atoms with Gasteiger partial charge >= 0.3 is 12.0 Å². The van der Waals surface area contributed by atoms with Crippen molar-refractivity contribution in [2.24, 2.45) is 0 Å². The highest BCUT2D eigenvalue weighted by atomic mass is 19.3. The van der Waals surface area contributed by atoms with Gasteiger partial charge in [0.25, 0.3) is 6.43 Å². The lowest BCUT2D eigenvalue weighted by molar-refractivity contribution is -0.141. The van der Waals surface area contributed by atoms with Crippen LogP contribution in [0.25, 0.3) is 0 Å². The number of nitrogens with one attached hydrogen (secondary N) is 1. The Bertz CT molecular complexity index is 260. The number of nitrogens with zero attached hydrogens (tertiary/aromatic N) is 1. The Hall–Kier alpha value is -1.40. The summed E-state index contributed by atoms with van der Waals surface area (Å²) in [7, 11) is 0. The molecule has 0 unspecified atom stereocenters. The zero-order chi connectivity index (χ0) is 11.4. The van der Waals surface area contributed by atoms with Crippen molar-refractivity contribution in [3.8, 4) is 0 Å². The minimum absolute atomic E-state index is 0.298. The van der Waals surface area contributed by atoms with Crippen molar-refractivity contribution in [3.63, 3.8) is 0 Å². The number of hydrogen-bond acceptors (Lipinski definition) is 2. The van der Waals surface area contributed by atoms with Gasteiger partial charge < -0.3 is 15.3 Å². The van der Waals surface area contributed by atoms with Gasteiger partial charge in [-0.25, -0.2) is 18.4 Å². The molecular formula is C8H12F2N2O3. The van der Waals surface area contributed by atoms with Crippen molar-refractivity contribution in [1.82, 2.24) is 10.2 Å². The summed E-state index contributed by atoms with van der Waals surface area (Å²) in [4.78, 5) is 23.0. The minimum atomic E-state index is -2.63. The van der Waals surface area contributed by atoms with Gasteiger partial charge in [0, 0.05) is 6.54 Å². The second-order valence-corrected chi connectivity index (χ2v) is 3.27. The van der Waals surface area contributed by atoms with Gasteiger partial charge in [0.1, 0.15) is 6.04 Å². The number of hydrogen-bond donors (Lipinski definition) is 2. The van der Waals surface area contributed by atoms with Crippen LogP contribution in [0.3, 0.4) is 0 Å². The molecule has 0 spiro atoms. The highest BCUT2D eigenvalue weighted by Crippen LogP contribution is 2.17. The number of carboxylic acids is 1. The number of likely N-dealkylation sites (tertiary alicyclic amines) is 1. The number of aliphatic carboxylic acids is 1. The fourth-order valence-corrected chi connectivity index (χ4v) is 1.53. The number of rotatable bonds is 3. The summed E-state index contributed by atoms with van der Waals surface area (Å²) in [6.07, 6.45) is -1.67. The lowest BCUT2D eigenvalue weighted by Crippen LogP contribution is -2.47. The molecule has 2 amide bonds. The van der Waals surface area contributed by atoms with Crippen LogP contribution in [0.5, 0.6) is 0 Å². The van der Waals surface area contributed by atoms with E-state index in [2.05, 4.69) is 0 Å². The van der Waals surface area contributed by atoms with Crippen LogP contribution in [-0.2, 0) is 4.79 Å². The summed E-state index contributed by atoms with van der Waals surface area (Å²) in [5.74, 6) is -1.10. The molecule has 2 N–H and O–H groups in total. The Balaban J connectivity index is 2.47. The first-order valence-electron chi connectivity index (χ1n) is 4.58. The Labute approximate surface area is 85.0 Å². The molecule has 5 nitrogen and oxygen atoms in total. The van der Waals surface area contributed by atoms with Crippen molar-refractivity contribution in [3.05, 3.63) is 0 Å². The van der Waals surface area contributed by atoms with Crippen LogP contribution in [0.4, 0.5) is 13.6 Å². The summed E-state index contributed by atoms with van der Waals surface area (Å²) < 4.78 is 23.6. The molecule has 0 radical (unpaired) electrons. The van der Waals surface area contributed by atoms with Crippen molar-refractivity contribution in [2.45, 2.75) is 25.3 Å². The fourth-order valence-electron chi connectivity index (χ4n) is 1.53. The molecule has 0 aromatic carbocycles. The van der Waals surface area contributed by atoms with Gasteiger partial charge in [0.2, 0.25) is 0 Å². The SMILES string of the molecule is O=C(O)[C@H]1CCCN1C(=O)NCC(F)F. The molecule has 1 rings (SSSR count). The van der Waals surface area contributed by atoms with Gasteiger partial charge in [-0.15, -0.1) is 0 Å². The minimum Gasteiger partial charge on any atom is -0.480 e. The molecule has 1 atom stereocenters. The third-order valence-corrected chi connectivity index (χ3v) is 2.21. The summed E-state index contributed by atoms with van der Waals surface area (Å²) >= 11 is 0. The highest BCUT2D eigenvalue weighted by molar-refractivity contribution is 5.83. The molecule has 0 saturated carbocycles. The van der Waals surface area contributed by atoms with Gasteiger partial charge in [-0.2, -0.15) is 0 Å². The maximum absolute atomic E-state index is 11.8. The first-order chi connectivity index (χ1) is 7.02. The van der Waals surface area contributed by atoms with Crippen molar-refractivity contribution >= 4 is 12.0 Å². The molecular weight excluding hydrogens is 210 g/mol. The third-order valence-electron chi connectivity index (χ3n) is 2.21. The molecule has 1 aliphatic rings. The number of urea groups is 1. The van der Waals surface area contributed by atoms with Gasteiger partial charge in [0.05, 0.1) is 6.54 Å². The van der Waals surface area contributed by atoms with Crippen molar-refractivity contribution in [2.75, 3.05) is 13.1 Å². The normalized spacial score (nSPS) is 20.7. The van der Waals surface area contributed by atoms with Crippen LogP contribution in [0.2, 0.25) is 0 Å². The van der Waals surface area contributed by atoms with Crippen molar-refractivity contribution in [1.29, 1.82) is 0 Å². The van der Waals surface area contributed by atoms with E-state index in [9.17, 15) is 18.4 Å². The van der Waals surface area contributed by atoms with Crippen LogP contribution in [0.1, 0.15) is 12.8 Å².